The van der Waals surface area contributed by atoms with Gasteiger partial charge in [0.15, 0.2) is 0 Å². The third-order valence-corrected chi connectivity index (χ3v) is 2.81. The Hall–Kier alpha value is -3.25. The van der Waals surface area contributed by atoms with Crippen molar-refractivity contribution in [1.82, 2.24) is 24.7 Å². The molecule has 0 bridgehead atoms. The first-order valence-corrected chi connectivity index (χ1v) is 6.95. The Kier molecular flexibility index (Phi) is 6.98. The van der Waals surface area contributed by atoms with Gasteiger partial charge in [-0.2, -0.15) is 13.2 Å². The smallest absolute Gasteiger partial charge is 0.478 e. The zero-order chi connectivity index (χ0) is 19.9. The Balaban J connectivity index is 0.000000412. The maximum Gasteiger partial charge on any atom is 0.490 e. The molecule has 13 heteroatoms. The first kappa shape index (κ1) is 20.8. The minimum absolute atomic E-state index is 0.0542. The van der Waals surface area contributed by atoms with Crippen LogP contribution in [-0.2, 0) is 18.3 Å². The van der Waals surface area contributed by atoms with Gasteiger partial charge in [0.1, 0.15) is 12.2 Å². The van der Waals surface area contributed by atoms with Crippen molar-refractivity contribution in [1.29, 1.82) is 0 Å². The number of carboxylic acids is 2. The van der Waals surface area contributed by atoms with Gasteiger partial charge < -0.3 is 20.1 Å². The molecule has 2 aromatic rings. The monoisotopic (exact) mass is 376 g/mol. The summed E-state index contributed by atoms with van der Waals surface area (Å²) >= 11 is 0. The maximum absolute atomic E-state index is 10.7. The summed E-state index contributed by atoms with van der Waals surface area (Å²) in [7, 11) is 1.88. The highest BCUT2D eigenvalue weighted by Gasteiger charge is 2.38. The van der Waals surface area contributed by atoms with Gasteiger partial charge in [-0.15, -0.1) is 10.2 Å². The first-order valence-electron chi connectivity index (χ1n) is 6.95. The van der Waals surface area contributed by atoms with E-state index in [2.05, 4.69) is 25.5 Å². The minimum atomic E-state index is -5.08. The molecule has 142 valence electrons. The van der Waals surface area contributed by atoms with Crippen molar-refractivity contribution in [3.63, 3.8) is 0 Å². The third-order valence-electron chi connectivity index (χ3n) is 2.81. The number of hydrogen-bond acceptors (Lipinski definition) is 7. The molecule has 10 nitrogen and oxygen atoms in total. The molecule has 0 amide bonds. The molecule has 0 radical (unpaired) electrons. The summed E-state index contributed by atoms with van der Waals surface area (Å²) in [5, 5.41) is 26.7. The number of aromatic nitrogens is 5. The van der Waals surface area contributed by atoms with Crippen LogP contribution in [0.1, 0.15) is 23.1 Å². The van der Waals surface area contributed by atoms with Gasteiger partial charge in [-0.3, -0.25) is 0 Å². The number of alkyl halides is 3. The van der Waals surface area contributed by atoms with Crippen LogP contribution in [0.25, 0.3) is 0 Å². The molecule has 1 unspecified atom stereocenters. The Labute approximate surface area is 144 Å². The third kappa shape index (κ3) is 6.70. The van der Waals surface area contributed by atoms with Gasteiger partial charge in [-0.1, -0.05) is 0 Å². The molecule has 2 heterocycles. The molecule has 0 saturated carbocycles. The number of nitrogens with zero attached hydrogens (tertiary/aromatic N) is 5. The lowest BCUT2D eigenvalue weighted by atomic mass is 10.2. The van der Waals surface area contributed by atoms with E-state index in [0.717, 1.165) is 5.82 Å². The van der Waals surface area contributed by atoms with Crippen LogP contribution in [0.3, 0.4) is 0 Å². The molecule has 0 aliphatic rings. The molecular weight excluding hydrogens is 361 g/mol. The summed E-state index contributed by atoms with van der Waals surface area (Å²) in [5.74, 6) is -2.56. The van der Waals surface area contributed by atoms with Crippen LogP contribution < -0.4 is 5.32 Å². The second-order valence-corrected chi connectivity index (χ2v) is 5.01. The van der Waals surface area contributed by atoms with E-state index in [4.69, 9.17) is 15.0 Å². The minimum Gasteiger partial charge on any atom is -0.478 e. The number of carboxylic acid groups (broad SMARTS) is 2. The van der Waals surface area contributed by atoms with Gasteiger partial charge in [-0.05, 0) is 6.92 Å². The van der Waals surface area contributed by atoms with Crippen molar-refractivity contribution in [2.24, 2.45) is 7.05 Å². The average Bonchev–Trinajstić information content (AvgIpc) is 2.92. The average molecular weight is 376 g/mol. The summed E-state index contributed by atoms with van der Waals surface area (Å²) in [5.41, 5.74) is 0.0616. The highest BCUT2D eigenvalue weighted by atomic mass is 19.4. The van der Waals surface area contributed by atoms with Crippen molar-refractivity contribution in [3.05, 3.63) is 30.1 Å². The second kappa shape index (κ2) is 8.73. The number of rotatable bonds is 5. The highest BCUT2D eigenvalue weighted by molar-refractivity contribution is 5.86. The van der Waals surface area contributed by atoms with Crippen LogP contribution in [0.4, 0.5) is 19.1 Å². The molecule has 26 heavy (non-hydrogen) atoms. The summed E-state index contributed by atoms with van der Waals surface area (Å²) in [4.78, 5) is 27.5. The molecule has 0 aromatic carbocycles. The van der Waals surface area contributed by atoms with Gasteiger partial charge in [0, 0.05) is 31.9 Å². The van der Waals surface area contributed by atoms with E-state index < -0.39 is 18.1 Å². The molecule has 0 fully saturated rings. The summed E-state index contributed by atoms with van der Waals surface area (Å²) in [6.45, 7) is 1.96. The summed E-state index contributed by atoms with van der Waals surface area (Å²) in [6, 6.07) is 0.0542. The number of aliphatic carboxylic acids is 1. The fourth-order valence-corrected chi connectivity index (χ4v) is 1.55. The van der Waals surface area contributed by atoms with E-state index in [1.807, 2.05) is 18.5 Å². The molecule has 0 aliphatic carbocycles. The van der Waals surface area contributed by atoms with Crippen molar-refractivity contribution < 1.29 is 33.0 Å². The number of aryl methyl sites for hydroxylation is 1. The molecular formula is C13H15F3N6O4. The first-order chi connectivity index (χ1) is 12.0. The summed E-state index contributed by atoms with van der Waals surface area (Å²) < 4.78 is 33.6. The normalized spacial score (nSPS) is 11.9. The highest BCUT2D eigenvalue weighted by Crippen LogP contribution is 2.13. The Morgan fingerprint density at radius 1 is 1.27 bits per heavy atom. The topological polar surface area (TPSA) is 143 Å². The Bertz CT molecular complexity index is 747. The number of carbonyl (C=O) groups is 2. The van der Waals surface area contributed by atoms with E-state index in [1.54, 1.807) is 6.33 Å². The lowest BCUT2D eigenvalue weighted by molar-refractivity contribution is -0.192. The Morgan fingerprint density at radius 2 is 1.81 bits per heavy atom. The molecule has 2 rings (SSSR count). The molecule has 3 N–H and O–H groups in total. The van der Waals surface area contributed by atoms with Crippen LogP contribution in [0.15, 0.2) is 18.7 Å². The van der Waals surface area contributed by atoms with Crippen LogP contribution >= 0.6 is 0 Å². The summed E-state index contributed by atoms with van der Waals surface area (Å²) in [6.07, 6.45) is -0.236. The number of anilines is 1. The van der Waals surface area contributed by atoms with Gasteiger partial charge in [0.05, 0.1) is 5.56 Å². The van der Waals surface area contributed by atoms with E-state index in [1.165, 1.54) is 12.4 Å². The number of halogens is 3. The predicted molar refractivity (Wildman–Crippen MR) is 80.5 cm³/mol. The largest absolute Gasteiger partial charge is 0.490 e. The number of nitrogens with one attached hydrogen (secondary N) is 1. The Morgan fingerprint density at radius 3 is 2.19 bits per heavy atom. The standard InChI is InChI=1S/C11H14N6O2.C2HF3O2/c1-7(3-9-16-14-6-17(9)2)15-11-12-4-8(5-13-11)10(18)19;3-2(4,5)1(6)7/h4-7H,3H2,1-2H3,(H,18,19)(H,12,13,15);(H,6,7). The van der Waals surface area contributed by atoms with E-state index in [-0.39, 0.29) is 11.6 Å². The molecule has 1 atom stereocenters. The number of aromatic carboxylic acids is 1. The lowest BCUT2D eigenvalue weighted by Gasteiger charge is -2.12. The van der Waals surface area contributed by atoms with Gasteiger partial charge >= 0.3 is 18.1 Å². The number of hydrogen-bond donors (Lipinski definition) is 3. The van der Waals surface area contributed by atoms with Gasteiger partial charge in [0.25, 0.3) is 0 Å². The van der Waals surface area contributed by atoms with Crippen LogP contribution in [0, 0.1) is 0 Å². The van der Waals surface area contributed by atoms with E-state index in [0.29, 0.717) is 12.4 Å². The van der Waals surface area contributed by atoms with Crippen LogP contribution in [-0.4, -0.2) is 59.1 Å². The maximum atomic E-state index is 10.7. The zero-order valence-electron chi connectivity index (χ0n) is 13.6. The SMILES string of the molecule is CC(Cc1nncn1C)Nc1ncc(C(=O)O)cn1.O=C(O)C(F)(F)F. The van der Waals surface area contributed by atoms with Crippen molar-refractivity contribution in [2.75, 3.05) is 5.32 Å². The fourth-order valence-electron chi connectivity index (χ4n) is 1.55. The fraction of sp³-hybridized carbons (Fsp3) is 0.385. The predicted octanol–water partition coefficient (Wildman–Crippen LogP) is 0.980. The van der Waals surface area contributed by atoms with Gasteiger partial charge in [0.2, 0.25) is 5.95 Å². The molecule has 0 spiro atoms. The quantitative estimate of drug-likeness (QED) is 0.695. The molecule has 2 aromatic heterocycles. The van der Waals surface area contributed by atoms with Crippen molar-refractivity contribution in [2.45, 2.75) is 25.6 Å². The second-order valence-electron chi connectivity index (χ2n) is 5.01. The van der Waals surface area contributed by atoms with Gasteiger partial charge in [-0.25, -0.2) is 19.6 Å². The van der Waals surface area contributed by atoms with E-state index in [9.17, 15) is 18.0 Å². The zero-order valence-corrected chi connectivity index (χ0v) is 13.6. The molecule has 0 saturated heterocycles. The van der Waals surface area contributed by atoms with E-state index >= 15 is 0 Å². The molecule has 0 aliphatic heterocycles. The van der Waals surface area contributed by atoms with Crippen molar-refractivity contribution in [3.8, 4) is 0 Å². The lowest BCUT2D eigenvalue weighted by Crippen LogP contribution is -2.21. The van der Waals surface area contributed by atoms with Crippen LogP contribution in [0.2, 0.25) is 0 Å². The van der Waals surface area contributed by atoms with Crippen molar-refractivity contribution >= 4 is 17.9 Å². The van der Waals surface area contributed by atoms with Crippen LogP contribution in [0.5, 0.6) is 0 Å².